The monoisotopic (exact) mass is 175 g/mol. The van der Waals surface area contributed by atoms with Crippen LogP contribution < -0.4 is 5.73 Å². The van der Waals surface area contributed by atoms with Crippen LogP contribution in [-0.4, -0.2) is 16.0 Å². The molecule has 2 N–H and O–H groups in total. The molecule has 0 saturated heterocycles. The lowest BCUT2D eigenvalue weighted by Crippen LogP contribution is -2.09. The third-order valence-corrected chi connectivity index (χ3v) is 1.57. The van der Waals surface area contributed by atoms with Gasteiger partial charge in [0.05, 0.1) is 6.54 Å². The highest BCUT2D eigenvalue weighted by molar-refractivity contribution is 4.90. The minimum Gasteiger partial charge on any atom is -0.334 e. The summed E-state index contributed by atoms with van der Waals surface area (Å²) >= 11 is 0. The van der Waals surface area contributed by atoms with Gasteiger partial charge in [0.2, 0.25) is 6.43 Å². The molecule has 3 nitrogen and oxygen atoms in total. The van der Waals surface area contributed by atoms with Gasteiger partial charge in [-0.2, -0.15) is 0 Å². The Labute approximate surface area is 69.2 Å². The number of aryl methyl sites for hydroxylation is 1. The van der Waals surface area contributed by atoms with Crippen LogP contribution in [0, 0.1) is 0 Å². The molecule has 1 aromatic heterocycles. The van der Waals surface area contributed by atoms with Gasteiger partial charge in [0.25, 0.3) is 0 Å². The fourth-order valence-corrected chi connectivity index (χ4v) is 0.970. The summed E-state index contributed by atoms with van der Waals surface area (Å²) in [6.45, 7) is 0.570. The van der Waals surface area contributed by atoms with Crippen LogP contribution in [0.25, 0.3) is 0 Å². The Hall–Kier alpha value is -0.970. The summed E-state index contributed by atoms with van der Waals surface area (Å²) in [6, 6.07) is 0. The van der Waals surface area contributed by atoms with Crippen LogP contribution in [0.4, 0.5) is 8.78 Å². The lowest BCUT2D eigenvalue weighted by atomic mass is 10.4. The number of aromatic nitrogens is 2. The van der Waals surface area contributed by atoms with Gasteiger partial charge in [-0.25, -0.2) is 13.8 Å². The summed E-state index contributed by atoms with van der Waals surface area (Å²) < 4.78 is 25.2. The average Bonchev–Trinajstić information content (AvgIpc) is 2.47. The van der Waals surface area contributed by atoms with Crippen molar-refractivity contribution < 1.29 is 8.78 Å². The molecule has 1 rings (SSSR count). The summed E-state index contributed by atoms with van der Waals surface area (Å²) in [6.07, 6.45) is 0.805. The number of hydrogen-bond donors (Lipinski definition) is 1. The summed E-state index contributed by atoms with van der Waals surface area (Å²) in [5.74, 6) is 0.649. The van der Waals surface area contributed by atoms with E-state index in [9.17, 15) is 8.78 Å². The zero-order chi connectivity index (χ0) is 8.97. The highest BCUT2D eigenvalue weighted by Crippen LogP contribution is 2.04. The van der Waals surface area contributed by atoms with Crippen molar-refractivity contribution in [3.05, 3.63) is 18.2 Å². The highest BCUT2D eigenvalue weighted by atomic mass is 19.3. The molecule has 0 spiro atoms. The first-order valence-corrected chi connectivity index (χ1v) is 3.72. The van der Waals surface area contributed by atoms with E-state index in [-0.39, 0.29) is 19.5 Å². The summed E-state index contributed by atoms with van der Waals surface area (Å²) in [5, 5.41) is 0. The van der Waals surface area contributed by atoms with Crippen LogP contribution >= 0.6 is 0 Å². The number of alkyl halides is 2. The van der Waals surface area contributed by atoms with Crippen LogP contribution in [0.15, 0.2) is 12.4 Å². The SMILES string of the molecule is NCc1nccn1CCC(F)F. The molecular weight excluding hydrogens is 164 g/mol. The fourth-order valence-electron chi connectivity index (χ4n) is 0.970. The summed E-state index contributed by atoms with van der Waals surface area (Å²) in [4.78, 5) is 3.91. The number of rotatable bonds is 4. The number of nitrogens with two attached hydrogens (primary N) is 1. The lowest BCUT2D eigenvalue weighted by Gasteiger charge is -2.04. The Morgan fingerprint density at radius 1 is 1.58 bits per heavy atom. The Balaban J connectivity index is 2.50. The fraction of sp³-hybridized carbons (Fsp3) is 0.571. The molecular formula is C7H11F2N3. The van der Waals surface area contributed by atoms with Gasteiger partial charge in [-0.1, -0.05) is 0 Å². The van der Waals surface area contributed by atoms with Crippen molar-refractivity contribution in [3.8, 4) is 0 Å². The molecule has 0 atom stereocenters. The number of imidazole rings is 1. The van der Waals surface area contributed by atoms with E-state index in [2.05, 4.69) is 4.98 Å². The molecule has 0 radical (unpaired) electrons. The van der Waals surface area contributed by atoms with Gasteiger partial charge in [-0.3, -0.25) is 0 Å². The van der Waals surface area contributed by atoms with Gasteiger partial charge in [0, 0.05) is 25.4 Å². The predicted molar refractivity (Wildman–Crippen MR) is 40.7 cm³/mol. The zero-order valence-corrected chi connectivity index (χ0v) is 6.58. The van der Waals surface area contributed by atoms with E-state index in [0.29, 0.717) is 5.82 Å². The van der Waals surface area contributed by atoms with Crippen molar-refractivity contribution >= 4 is 0 Å². The normalized spacial score (nSPS) is 11.0. The minimum absolute atomic E-state index is 0.149. The van der Waals surface area contributed by atoms with Gasteiger partial charge >= 0.3 is 0 Å². The first-order chi connectivity index (χ1) is 5.74. The second-order valence-electron chi connectivity index (χ2n) is 2.42. The van der Waals surface area contributed by atoms with E-state index >= 15 is 0 Å². The maximum Gasteiger partial charge on any atom is 0.240 e. The Kier molecular flexibility index (Phi) is 3.16. The van der Waals surface area contributed by atoms with Crippen LogP contribution in [0.2, 0.25) is 0 Å². The second kappa shape index (κ2) is 4.15. The standard InChI is InChI=1S/C7H11F2N3/c8-6(9)1-3-12-4-2-11-7(12)5-10/h2,4,6H,1,3,5,10H2. The molecule has 0 unspecified atom stereocenters. The topological polar surface area (TPSA) is 43.8 Å². The van der Waals surface area contributed by atoms with E-state index in [4.69, 9.17) is 5.73 Å². The molecule has 1 heterocycles. The Bertz CT molecular complexity index is 234. The molecule has 0 bridgehead atoms. The molecule has 0 aromatic carbocycles. The van der Waals surface area contributed by atoms with E-state index in [0.717, 1.165) is 0 Å². The molecule has 1 aromatic rings. The lowest BCUT2D eigenvalue weighted by molar-refractivity contribution is 0.131. The molecule has 68 valence electrons. The van der Waals surface area contributed by atoms with E-state index in [1.165, 1.54) is 0 Å². The predicted octanol–water partition coefficient (Wildman–Crippen LogP) is 0.997. The summed E-state index contributed by atoms with van der Waals surface area (Å²) in [7, 11) is 0. The number of halogens is 2. The average molecular weight is 175 g/mol. The van der Waals surface area contributed by atoms with Crippen molar-refractivity contribution in [2.24, 2.45) is 5.73 Å². The van der Waals surface area contributed by atoms with Crippen LogP contribution in [-0.2, 0) is 13.1 Å². The second-order valence-corrected chi connectivity index (χ2v) is 2.42. The third kappa shape index (κ3) is 2.27. The van der Waals surface area contributed by atoms with Gasteiger partial charge in [0.15, 0.2) is 0 Å². The van der Waals surface area contributed by atoms with Crippen molar-refractivity contribution in [3.63, 3.8) is 0 Å². The highest BCUT2D eigenvalue weighted by Gasteiger charge is 2.04. The smallest absolute Gasteiger partial charge is 0.240 e. The molecule has 5 heteroatoms. The van der Waals surface area contributed by atoms with Gasteiger partial charge in [0.1, 0.15) is 5.82 Å². The third-order valence-electron chi connectivity index (χ3n) is 1.57. The first kappa shape index (κ1) is 9.12. The molecule has 0 amide bonds. The molecule has 12 heavy (non-hydrogen) atoms. The zero-order valence-electron chi connectivity index (χ0n) is 6.58. The van der Waals surface area contributed by atoms with Crippen molar-refractivity contribution in [2.45, 2.75) is 25.9 Å². The molecule has 0 fully saturated rings. The molecule has 0 aliphatic carbocycles. The van der Waals surface area contributed by atoms with E-state index in [1.54, 1.807) is 17.0 Å². The van der Waals surface area contributed by atoms with Gasteiger partial charge in [-0.05, 0) is 0 Å². The van der Waals surface area contributed by atoms with Crippen molar-refractivity contribution in [1.29, 1.82) is 0 Å². The van der Waals surface area contributed by atoms with E-state index < -0.39 is 6.43 Å². The first-order valence-electron chi connectivity index (χ1n) is 3.72. The molecule has 0 saturated carbocycles. The molecule has 0 aliphatic heterocycles. The maximum absolute atomic E-state index is 11.8. The van der Waals surface area contributed by atoms with Crippen molar-refractivity contribution in [1.82, 2.24) is 9.55 Å². The Morgan fingerprint density at radius 2 is 2.33 bits per heavy atom. The van der Waals surface area contributed by atoms with Crippen LogP contribution in [0.5, 0.6) is 0 Å². The number of nitrogens with zero attached hydrogens (tertiary/aromatic N) is 2. The minimum atomic E-state index is -2.27. The maximum atomic E-state index is 11.8. The van der Waals surface area contributed by atoms with Gasteiger partial charge in [-0.15, -0.1) is 0 Å². The van der Waals surface area contributed by atoms with E-state index in [1.807, 2.05) is 0 Å². The van der Waals surface area contributed by atoms with Gasteiger partial charge < -0.3 is 10.3 Å². The van der Waals surface area contributed by atoms with Crippen molar-refractivity contribution in [2.75, 3.05) is 0 Å². The van der Waals surface area contributed by atoms with Crippen LogP contribution in [0.1, 0.15) is 12.2 Å². The summed E-state index contributed by atoms with van der Waals surface area (Å²) in [5.41, 5.74) is 5.33. The Morgan fingerprint density at radius 3 is 2.92 bits per heavy atom. The number of hydrogen-bond acceptors (Lipinski definition) is 2. The quantitative estimate of drug-likeness (QED) is 0.741. The largest absolute Gasteiger partial charge is 0.334 e. The van der Waals surface area contributed by atoms with Crippen LogP contribution in [0.3, 0.4) is 0 Å². The molecule has 0 aliphatic rings.